The monoisotopic (exact) mass is 218 g/mol. The first-order valence-electron chi connectivity index (χ1n) is 5.76. The average molecular weight is 218 g/mol. The van der Waals surface area contributed by atoms with Crippen molar-refractivity contribution in [1.29, 1.82) is 0 Å². The van der Waals surface area contributed by atoms with Crippen molar-refractivity contribution in [1.82, 2.24) is 0 Å². The van der Waals surface area contributed by atoms with Gasteiger partial charge in [-0.05, 0) is 44.3 Å². The number of fused-ring (bicyclic) bond motifs is 2. The topological polar surface area (TPSA) is 39.4 Å². The molecule has 1 aliphatic carbocycles. The van der Waals surface area contributed by atoms with Crippen LogP contribution in [0.25, 0.3) is 6.08 Å². The van der Waals surface area contributed by atoms with Crippen LogP contribution in [0.2, 0.25) is 0 Å². The third-order valence-corrected chi connectivity index (χ3v) is 3.27. The highest BCUT2D eigenvalue weighted by Gasteiger charge is 2.27. The van der Waals surface area contributed by atoms with E-state index in [9.17, 15) is 4.79 Å². The molecule has 1 aromatic rings. The van der Waals surface area contributed by atoms with E-state index in [2.05, 4.69) is 0 Å². The number of rotatable bonds is 0. The highest BCUT2D eigenvalue weighted by Crippen LogP contribution is 2.35. The second-order valence-electron chi connectivity index (χ2n) is 4.49. The van der Waals surface area contributed by atoms with Gasteiger partial charge in [-0.1, -0.05) is 0 Å². The summed E-state index contributed by atoms with van der Waals surface area (Å²) in [5.41, 5.74) is 1.54. The molecule has 1 aromatic heterocycles. The minimum Gasteiger partial charge on any atom is -0.485 e. The van der Waals surface area contributed by atoms with Gasteiger partial charge in [-0.15, -0.1) is 0 Å². The summed E-state index contributed by atoms with van der Waals surface area (Å²) in [6.45, 7) is 1.77. The van der Waals surface area contributed by atoms with Gasteiger partial charge in [-0.2, -0.15) is 0 Å². The van der Waals surface area contributed by atoms with E-state index >= 15 is 0 Å². The molecule has 0 spiro atoms. The van der Waals surface area contributed by atoms with E-state index < -0.39 is 0 Å². The molecule has 2 heterocycles. The number of hydrogen-bond donors (Lipinski definition) is 0. The van der Waals surface area contributed by atoms with Crippen molar-refractivity contribution >= 4 is 6.08 Å². The van der Waals surface area contributed by atoms with Crippen LogP contribution >= 0.6 is 0 Å². The fraction of sp³-hybridized carbons (Fsp3) is 0.462. The van der Waals surface area contributed by atoms with Crippen LogP contribution < -0.4 is 10.4 Å². The second-order valence-corrected chi connectivity index (χ2v) is 4.49. The molecule has 3 nitrogen and oxygen atoms in total. The lowest BCUT2D eigenvalue weighted by Crippen LogP contribution is -2.27. The summed E-state index contributed by atoms with van der Waals surface area (Å²) in [5, 5.41) is 0. The normalized spacial score (nSPS) is 22.8. The van der Waals surface area contributed by atoms with E-state index in [1.165, 1.54) is 18.4 Å². The first-order chi connectivity index (χ1) is 7.74. The molecule has 84 valence electrons. The van der Waals surface area contributed by atoms with Crippen LogP contribution in [0, 0.1) is 6.92 Å². The highest BCUT2D eigenvalue weighted by atomic mass is 16.5. The summed E-state index contributed by atoms with van der Waals surface area (Å²) in [4.78, 5) is 11.7. The van der Waals surface area contributed by atoms with Crippen LogP contribution in [0.1, 0.15) is 37.0 Å². The lowest BCUT2D eigenvalue weighted by atomic mass is 9.89. The molecule has 0 unspecified atom stereocenters. The maximum atomic E-state index is 11.7. The minimum atomic E-state index is -0.286. The maximum Gasteiger partial charge on any atom is 0.346 e. The Morgan fingerprint density at radius 2 is 2.25 bits per heavy atom. The zero-order valence-corrected chi connectivity index (χ0v) is 9.29. The van der Waals surface area contributed by atoms with Crippen molar-refractivity contribution < 1.29 is 9.15 Å². The van der Waals surface area contributed by atoms with Crippen molar-refractivity contribution in [3.05, 3.63) is 33.4 Å². The van der Waals surface area contributed by atoms with Gasteiger partial charge >= 0.3 is 5.63 Å². The molecule has 1 fully saturated rings. The van der Waals surface area contributed by atoms with Gasteiger partial charge in [0.25, 0.3) is 0 Å². The summed E-state index contributed by atoms with van der Waals surface area (Å²) in [6.07, 6.45) is 6.65. The first-order valence-corrected chi connectivity index (χ1v) is 5.76. The van der Waals surface area contributed by atoms with Crippen molar-refractivity contribution in [2.75, 3.05) is 0 Å². The van der Waals surface area contributed by atoms with E-state index in [0.29, 0.717) is 17.1 Å². The smallest absolute Gasteiger partial charge is 0.346 e. The molecule has 0 saturated heterocycles. The van der Waals surface area contributed by atoms with Gasteiger partial charge in [0, 0.05) is 6.07 Å². The maximum absolute atomic E-state index is 11.7. The summed E-state index contributed by atoms with van der Waals surface area (Å²) in [6, 6.07) is 1.80. The van der Waals surface area contributed by atoms with Gasteiger partial charge in [-0.25, -0.2) is 4.79 Å². The van der Waals surface area contributed by atoms with Gasteiger partial charge in [0.15, 0.2) is 0 Å². The van der Waals surface area contributed by atoms with Crippen LogP contribution in [0.3, 0.4) is 0 Å². The molecule has 3 heteroatoms. The van der Waals surface area contributed by atoms with Gasteiger partial charge in [0.1, 0.15) is 23.2 Å². The van der Waals surface area contributed by atoms with Crippen molar-refractivity contribution in [3.8, 4) is 5.75 Å². The van der Waals surface area contributed by atoms with E-state index in [4.69, 9.17) is 9.15 Å². The Kier molecular flexibility index (Phi) is 2.13. The molecule has 2 aliphatic rings. The fourth-order valence-corrected chi connectivity index (χ4v) is 2.46. The Hall–Kier alpha value is -1.51. The van der Waals surface area contributed by atoms with Crippen molar-refractivity contribution in [2.24, 2.45) is 0 Å². The van der Waals surface area contributed by atoms with Gasteiger partial charge in [0.05, 0.1) is 0 Å². The van der Waals surface area contributed by atoms with Crippen molar-refractivity contribution in [3.63, 3.8) is 0 Å². The Morgan fingerprint density at radius 3 is 3.12 bits per heavy atom. The van der Waals surface area contributed by atoms with E-state index in [1.807, 2.05) is 6.08 Å². The SMILES string of the molecule is Cc1cc2c(c(=O)o1)C=C1CCCC[C@H]1O2. The summed E-state index contributed by atoms with van der Waals surface area (Å²) < 4.78 is 10.9. The standard InChI is InChI=1S/C13H14O3/c1-8-6-12-10(13(14)15-8)7-9-4-2-3-5-11(9)16-12/h6-7,11H,2-5H2,1H3/t11-/m1/s1. The van der Waals surface area contributed by atoms with E-state index in [1.54, 1.807) is 13.0 Å². The molecular formula is C13H14O3. The third-order valence-electron chi connectivity index (χ3n) is 3.27. The van der Waals surface area contributed by atoms with Crippen LogP contribution in [0.4, 0.5) is 0 Å². The minimum absolute atomic E-state index is 0.183. The first kappa shape index (κ1) is 9.70. The van der Waals surface area contributed by atoms with Crippen LogP contribution in [0.15, 0.2) is 20.9 Å². The summed E-state index contributed by atoms with van der Waals surface area (Å²) in [7, 11) is 0. The molecule has 3 rings (SSSR count). The van der Waals surface area contributed by atoms with Crippen LogP contribution in [-0.2, 0) is 0 Å². The van der Waals surface area contributed by atoms with Crippen LogP contribution in [0.5, 0.6) is 5.75 Å². The molecule has 0 aromatic carbocycles. The Morgan fingerprint density at radius 1 is 1.38 bits per heavy atom. The molecule has 1 saturated carbocycles. The summed E-state index contributed by atoms with van der Waals surface area (Å²) >= 11 is 0. The lowest BCUT2D eigenvalue weighted by Gasteiger charge is -2.30. The van der Waals surface area contributed by atoms with Gasteiger partial charge < -0.3 is 9.15 Å². The third kappa shape index (κ3) is 1.47. The number of ether oxygens (including phenoxy) is 1. The molecule has 16 heavy (non-hydrogen) atoms. The molecule has 0 bridgehead atoms. The zero-order chi connectivity index (χ0) is 11.1. The Balaban J connectivity index is 2.13. The molecular weight excluding hydrogens is 204 g/mol. The van der Waals surface area contributed by atoms with E-state index in [0.717, 1.165) is 12.8 Å². The molecule has 0 radical (unpaired) electrons. The van der Waals surface area contributed by atoms with Crippen LogP contribution in [-0.4, -0.2) is 6.10 Å². The van der Waals surface area contributed by atoms with E-state index in [-0.39, 0.29) is 11.7 Å². The summed E-state index contributed by atoms with van der Waals surface area (Å²) in [5.74, 6) is 1.29. The largest absolute Gasteiger partial charge is 0.485 e. The fourth-order valence-electron chi connectivity index (χ4n) is 2.46. The molecule has 1 atom stereocenters. The zero-order valence-electron chi connectivity index (χ0n) is 9.29. The van der Waals surface area contributed by atoms with Gasteiger partial charge in [0.2, 0.25) is 0 Å². The van der Waals surface area contributed by atoms with Gasteiger partial charge in [-0.3, -0.25) is 0 Å². The molecule has 0 N–H and O–H groups in total. The average Bonchev–Trinajstić information content (AvgIpc) is 2.27. The Bertz CT molecular complexity index is 510. The quantitative estimate of drug-likeness (QED) is 0.672. The van der Waals surface area contributed by atoms with Crippen molar-refractivity contribution in [2.45, 2.75) is 38.7 Å². The molecule has 0 amide bonds. The second kappa shape index (κ2) is 3.51. The predicted molar refractivity (Wildman–Crippen MR) is 60.6 cm³/mol. The number of hydrogen-bond acceptors (Lipinski definition) is 3. The molecule has 1 aliphatic heterocycles. The highest BCUT2D eigenvalue weighted by molar-refractivity contribution is 5.62. The lowest BCUT2D eigenvalue weighted by molar-refractivity contribution is 0.197. The predicted octanol–water partition coefficient (Wildman–Crippen LogP) is 2.67. The Labute approximate surface area is 93.7 Å². The number of aryl methyl sites for hydroxylation is 1.